The summed E-state index contributed by atoms with van der Waals surface area (Å²) in [4.78, 5) is 14.1. The number of anilines is 1. The van der Waals surface area contributed by atoms with Crippen LogP contribution in [-0.2, 0) is 16.0 Å². The molecule has 1 aliphatic heterocycles. The highest BCUT2D eigenvalue weighted by atomic mass is 16.5. The van der Waals surface area contributed by atoms with Gasteiger partial charge in [0, 0.05) is 18.8 Å². The zero-order chi connectivity index (χ0) is 13.2. The molecule has 4 nitrogen and oxygen atoms in total. The number of benzene rings is 1. The molecule has 0 aliphatic carbocycles. The summed E-state index contributed by atoms with van der Waals surface area (Å²) < 4.78 is 5.60. The van der Waals surface area contributed by atoms with E-state index in [0.29, 0.717) is 31.8 Å². The Balaban J connectivity index is 2.02. The quantitative estimate of drug-likeness (QED) is 0.806. The monoisotopic (exact) mass is 248 g/mol. The molecule has 0 spiro atoms. The van der Waals surface area contributed by atoms with E-state index < -0.39 is 0 Å². The lowest BCUT2D eigenvalue weighted by molar-refractivity contribution is -0.145. The Morgan fingerprint density at radius 3 is 2.83 bits per heavy atom. The summed E-state index contributed by atoms with van der Waals surface area (Å²) in [5.41, 5.74) is 7.18. The second kappa shape index (κ2) is 4.98. The smallest absolute Gasteiger partial charge is 0.227 e. The maximum Gasteiger partial charge on any atom is 0.227 e. The highest BCUT2D eigenvalue weighted by Crippen LogP contribution is 2.18. The van der Waals surface area contributed by atoms with E-state index in [2.05, 4.69) is 0 Å². The molecule has 1 saturated heterocycles. The van der Waals surface area contributed by atoms with E-state index in [4.69, 9.17) is 10.5 Å². The third kappa shape index (κ3) is 3.01. The average molecular weight is 248 g/mol. The van der Waals surface area contributed by atoms with Crippen LogP contribution in [0.3, 0.4) is 0 Å². The minimum Gasteiger partial charge on any atom is -0.398 e. The Labute approximate surface area is 108 Å². The third-order valence-corrected chi connectivity index (χ3v) is 3.18. The molecular formula is C14H20N2O2. The van der Waals surface area contributed by atoms with Crippen molar-refractivity contribution in [3.63, 3.8) is 0 Å². The van der Waals surface area contributed by atoms with Crippen LogP contribution in [0.15, 0.2) is 24.3 Å². The van der Waals surface area contributed by atoms with Crippen LogP contribution in [0.5, 0.6) is 0 Å². The first kappa shape index (κ1) is 12.9. The normalized spacial score (nSPS) is 18.7. The van der Waals surface area contributed by atoms with Crippen molar-refractivity contribution in [3.05, 3.63) is 29.8 Å². The predicted molar refractivity (Wildman–Crippen MR) is 71.2 cm³/mol. The number of nitrogens with zero attached hydrogens (tertiary/aromatic N) is 1. The van der Waals surface area contributed by atoms with Gasteiger partial charge in [0.2, 0.25) is 5.91 Å². The molecule has 0 unspecified atom stereocenters. The summed E-state index contributed by atoms with van der Waals surface area (Å²) in [6.45, 7) is 5.91. The van der Waals surface area contributed by atoms with Crippen LogP contribution in [0.1, 0.15) is 19.4 Å². The minimum absolute atomic E-state index is 0.115. The number of hydrogen-bond donors (Lipinski definition) is 1. The molecule has 2 rings (SSSR count). The standard InChI is InChI=1S/C14H20N2O2/c1-14(2)10-16(7-8-18-14)13(17)9-11-5-3-4-6-12(11)15/h3-6H,7-10,15H2,1-2H3. The van der Waals surface area contributed by atoms with E-state index in [1.54, 1.807) is 0 Å². The van der Waals surface area contributed by atoms with E-state index in [1.165, 1.54) is 0 Å². The first-order valence-corrected chi connectivity index (χ1v) is 6.23. The number of para-hydroxylation sites is 1. The van der Waals surface area contributed by atoms with Crippen molar-refractivity contribution in [2.75, 3.05) is 25.4 Å². The second-order valence-electron chi connectivity index (χ2n) is 5.30. The van der Waals surface area contributed by atoms with Gasteiger partial charge in [-0.2, -0.15) is 0 Å². The van der Waals surface area contributed by atoms with Gasteiger partial charge in [0.1, 0.15) is 0 Å². The summed E-state index contributed by atoms with van der Waals surface area (Å²) in [6.07, 6.45) is 0.364. The Morgan fingerprint density at radius 1 is 1.44 bits per heavy atom. The lowest BCUT2D eigenvalue weighted by atomic mass is 10.1. The maximum absolute atomic E-state index is 12.2. The molecule has 2 N–H and O–H groups in total. The molecule has 0 saturated carbocycles. The highest BCUT2D eigenvalue weighted by Gasteiger charge is 2.29. The van der Waals surface area contributed by atoms with Gasteiger partial charge in [0.25, 0.3) is 0 Å². The van der Waals surface area contributed by atoms with Crippen molar-refractivity contribution in [1.82, 2.24) is 4.90 Å². The summed E-state index contributed by atoms with van der Waals surface area (Å²) in [6, 6.07) is 7.51. The lowest BCUT2D eigenvalue weighted by Gasteiger charge is -2.38. The zero-order valence-corrected chi connectivity index (χ0v) is 11.0. The molecule has 1 fully saturated rings. The van der Waals surface area contributed by atoms with Crippen molar-refractivity contribution >= 4 is 11.6 Å². The zero-order valence-electron chi connectivity index (χ0n) is 11.0. The number of nitrogens with two attached hydrogens (primary N) is 1. The summed E-state index contributed by atoms with van der Waals surface area (Å²) >= 11 is 0. The number of hydrogen-bond acceptors (Lipinski definition) is 3. The average Bonchev–Trinajstić information content (AvgIpc) is 2.31. The molecule has 0 aromatic heterocycles. The van der Waals surface area contributed by atoms with Gasteiger partial charge >= 0.3 is 0 Å². The fraction of sp³-hybridized carbons (Fsp3) is 0.500. The van der Waals surface area contributed by atoms with Crippen LogP contribution < -0.4 is 5.73 Å². The van der Waals surface area contributed by atoms with Crippen molar-refractivity contribution in [2.45, 2.75) is 25.9 Å². The minimum atomic E-state index is -0.254. The predicted octanol–water partition coefficient (Wildman–Crippen LogP) is 1.45. The molecule has 0 atom stereocenters. The molecule has 4 heteroatoms. The van der Waals surface area contributed by atoms with Crippen LogP contribution in [0, 0.1) is 0 Å². The summed E-state index contributed by atoms with van der Waals surface area (Å²) in [7, 11) is 0. The molecule has 1 aliphatic rings. The molecule has 1 heterocycles. The van der Waals surface area contributed by atoms with Gasteiger partial charge in [0.15, 0.2) is 0 Å². The van der Waals surface area contributed by atoms with Gasteiger partial charge in [-0.05, 0) is 25.5 Å². The molecule has 0 bridgehead atoms. The van der Waals surface area contributed by atoms with E-state index in [1.807, 2.05) is 43.0 Å². The number of morpholine rings is 1. The second-order valence-corrected chi connectivity index (χ2v) is 5.30. The highest BCUT2D eigenvalue weighted by molar-refractivity contribution is 5.80. The van der Waals surface area contributed by atoms with Crippen molar-refractivity contribution in [2.24, 2.45) is 0 Å². The maximum atomic E-state index is 12.2. The number of nitrogen functional groups attached to an aromatic ring is 1. The van der Waals surface area contributed by atoms with Crippen molar-refractivity contribution in [3.8, 4) is 0 Å². The summed E-state index contributed by atoms with van der Waals surface area (Å²) in [5, 5.41) is 0. The largest absolute Gasteiger partial charge is 0.398 e. The topological polar surface area (TPSA) is 55.6 Å². The number of ether oxygens (including phenoxy) is 1. The molecule has 1 aromatic carbocycles. The number of carbonyl (C=O) groups excluding carboxylic acids is 1. The van der Waals surface area contributed by atoms with Gasteiger partial charge in [-0.25, -0.2) is 0 Å². The Kier molecular flexibility index (Phi) is 3.57. The summed E-state index contributed by atoms with van der Waals surface area (Å²) in [5.74, 6) is 0.115. The molecule has 18 heavy (non-hydrogen) atoms. The fourth-order valence-corrected chi connectivity index (χ4v) is 2.20. The van der Waals surface area contributed by atoms with Crippen LogP contribution in [0.2, 0.25) is 0 Å². The Bertz CT molecular complexity index is 443. The van der Waals surface area contributed by atoms with Gasteiger partial charge in [0.05, 0.1) is 18.6 Å². The number of carbonyl (C=O) groups is 1. The van der Waals surface area contributed by atoms with Gasteiger partial charge in [-0.15, -0.1) is 0 Å². The van der Waals surface area contributed by atoms with Crippen LogP contribution in [0.4, 0.5) is 5.69 Å². The molecule has 1 aromatic rings. The molecular weight excluding hydrogens is 228 g/mol. The van der Waals surface area contributed by atoms with Crippen molar-refractivity contribution in [1.29, 1.82) is 0 Å². The molecule has 98 valence electrons. The van der Waals surface area contributed by atoms with Crippen molar-refractivity contribution < 1.29 is 9.53 Å². The van der Waals surface area contributed by atoms with Crippen LogP contribution >= 0.6 is 0 Å². The SMILES string of the molecule is CC1(C)CN(C(=O)Cc2ccccc2N)CCO1. The van der Waals surface area contributed by atoms with E-state index in [9.17, 15) is 4.79 Å². The van der Waals surface area contributed by atoms with Gasteiger partial charge in [-0.1, -0.05) is 18.2 Å². The van der Waals surface area contributed by atoms with E-state index in [0.717, 1.165) is 5.56 Å². The van der Waals surface area contributed by atoms with Gasteiger partial charge in [-0.3, -0.25) is 4.79 Å². The number of rotatable bonds is 2. The lowest BCUT2D eigenvalue weighted by Crippen LogP contribution is -2.51. The molecule has 1 amide bonds. The molecule has 0 radical (unpaired) electrons. The number of amides is 1. The Hall–Kier alpha value is -1.55. The Morgan fingerprint density at radius 2 is 2.17 bits per heavy atom. The van der Waals surface area contributed by atoms with Gasteiger partial charge < -0.3 is 15.4 Å². The first-order chi connectivity index (χ1) is 8.48. The fourth-order valence-electron chi connectivity index (χ4n) is 2.20. The van der Waals surface area contributed by atoms with Crippen LogP contribution in [-0.4, -0.2) is 36.1 Å². The first-order valence-electron chi connectivity index (χ1n) is 6.23. The van der Waals surface area contributed by atoms with E-state index in [-0.39, 0.29) is 11.5 Å². The van der Waals surface area contributed by atoms with E-state index >= 15 is 0 Å². The van der Waals surface area contributed by atoms with Crippen LogP contribution in [0.25, 0.3) is 0 Å². The third-order valence-electron chi connectivity index (χ3n) is 3.18.